The van der Waals surface area contributed by atoms with Crippen molar-refractivity contribution in [1.29, 1.82) is 0 Å². The normalized spacial score (nSPS) is 31.0. The number of hydrogen-bond acceptors (Lipinski definition) is 4. The lowest BCUT2D eigenvalue weighted by atomic mass is 9.87. The van der Waals surface area contributed by atoms with E-state index in [1.165, 1.54) is 18.2 Å². The number of ether oxygens (including phenoxy) is 2. The van der Waals surface area contributed by atoms with E-state index in [0.717, 1.165) is 19.3 Å². The van der Waals surface area contributed by atoms with E-state index >= 15 is 0 Å². The highest BCUT2D eigenvalue weighted by Crippen LogP contribution is 2.37. The molecule has 0 aromatic heterocycles. The number of methoxy groups -OCH3 is 1. The minimum atomic E-state index is -0.345. The van der Waals surface area contributed by atoms with Crippen molar-refractivity contribution >= 4 is 5.97 Å². The van der Waals surface area contributed by atoms with Gasteiger partial charge in [0.05, 0.1) is 19.1 Å². The van der Waals surface area contributed by atoms with Crippen LogP contribution in [0.2, 0.25) is 0 Å². The molecule has 0 spiro atoms. The maximum atomic E-state index is 12.1. The van der Waals surface area contributed by atoms with Crippen molar-refractivity contribution in [1.82, 2.24) is 5.32 Å². The molecule has 4 atom stereocenters. The zero-order valence-corrected chi connectivity index (χ0v) is 15.6. The summed E-state index contributed by atoms with van der Waals surface area (Å²) in [6.07, 6.45) is 4.87. The van der Waals surface area contributed by atoms with Gasteiger partial charge in [-0.2, -0.15) is 0 Å². The summed E-state index contributed by atoms with van der Waals surface area (Å²) in [6.45, 7) is 6.23. The summed E-state index contributed by atoms with van der Waals surface area (Å²) in [5, 5.41) is 3.61. The average molecular weight is 343 g/mol. The van der Waals surface area contributed by atoms with Gasteiger partial charge in [0.1, 0.15) is 5.72 Å². The fraction of sp³-hybridized carbons (Fsp3) is 0.571. The Bertz CT molecular complexity index is 638. The summed E-state index contributed by atoms with van der Waals surface area (Å²) >= 11 is 0. The largest absolute Gasteiger partial charge is 0.469 e. The summed E-state index contributed by atoms with van der Waals surface area (Å²) in [6, 6.07) is 10.7. The molecule has 136 valence electrons. The molecule has 0 radical (unpaired) electrons. The molecule has 25 heavy (non-hydrogen) atoms. The van der Waals surface area contributed by atoms with Crippen LogP contribution in [-0.4, -0.2) is 30.9 Å². The molecule has 4 heteroatoms. The van der Waals surface area contributed by atoms with Crippen LogP contribution in [0.15, 0.2) is 42.0 Å². The Morgan fingerprint density at radius 3 is 2.72 bits per heavy atom. The van der Waals surface area contributed by atoms with E-state index in [4.69, 9.17) is 9.47 Å². The lowest BCUT2D eigenvalue weighted by Gasteiger charge is -2.24. The van der Waals surface area contributed by atoms with E-state index in [0.29, 0.717) is 0 Å². The number of nitrogens with one attached hydrogen (secondary N) is 1. The SMILES string of the molecule is COC(=O)C1CC(C)=CC1CC1OC(C)(C)NC1Cc1ccccc1. The van der Waals surface area contributed by atoms with E-state index in [9.17, 15) is 4.79 Å². The first-order valence-corrected chi connectivity index (χ1v) is 9.12. The molecule has 1 saturated heterocycles. The molecule has 4 nitrogen and oxygen atoms in total. The zero-order chi connectivity index (χ0) is 18.0. The van der Waals surface area contributed by atoms with E-state index < -0.39 is 0 Å². The van der Waals surface area contributed by atoms with Gasteiger partial charge in [-0.3, -0.25) is 10.1 Å². The van der Waals surface area contributed by atoms with Gasteiger partial charge in [-0.15, -0.1) is 0 Å². The summed E-state index contributed by atoms with van der Waals surface area (Å²) < 4.78 is 11.3. The van der Waals surface area contributed by atoms with Gasteiger partial charge < -0.3 is 9.47 Å². The molecule has 0 bridgehead atoms. The predicted octanol–water partition coefficient (Wildman–Crippen LogP) is 3.47. The van der Waals surface area contributed by atoms with Gasteiger partial charge in [0.2, 0.25) is 0 Å². The predicted molar refractivity (Wildman–Crippen MR) is 98.0 cm³/mol. The Hall–Kier alpha value is -1.65. The molecule has 0 saturated carbocycles. The number of allylic oxidation sites excluding steroid dienone is 2. The Morgan fingerprint density at radius 2 is 2.04 bits per heavy atom. The molecule has 1 fully saturated rings. The average Bonchev–Trinajstić information content (AvgIpc) is 3.07. The van der Waals surface area contributed by atoms with Gasteiger partial charge in [-0.1, -0.05) is 42.0 Å². The standard InChI is InChI=1S/C21H29NO3/c1-14-10-16(17(11-14)20(23)24-4)13-19-18(22-21(2,3)25-19)12-15-8-6-5-7-9-15/h5-10,16-19,22H,11-13H2,1-4H3. The summed E-state index contributed by atoms with van der Waals surface area (Å²) in [7, 11) is 1.47. The molecular formula is C21H29NO3. The van der Waals surface area contributed by atoms with Crippen LogP contribution >= 0.6 is 0 Å². The highest BCUT2D eigenvalue weighted by atomic mass is 16.5. The second-order valence-electron chi connectivity index (χ2n) is 7.85. The van der Waals surface area contributed by atoms with Gasteiger partial charge in [0, 0.05) is 6.04 Å². The Kier molecular flexibility index (Phi) is 5.30. The third-order valence-electron chi connectivity index (χ3n) is 5.29. The molecule has 3 rings (SSSR count). The van der Waals surface area contributed by atoms with E-state index in [1.54, 1.807) is 0 Å². The van der Waals surface area contributed by atoms with Crippen LogP contribution in [0.1, 0.15) is 39.2 Å². The number of esters is 1. The monoisotopic (exact) mass is 343 g/mol. The molecule has 1 heterocycles. The van der Waals surface area contributed by atoms with Gasteiger partial charge in [0.15, 0.2) is 0 Å². The van der Waals surface area contributed by atoms with Crippen molar-refractivity contribution in [2.45, 2.75) is 57.9 Å². The van der Waals surface area contributed by atoms with Crippen molar-refractivity contribution in [3.8, 4) is 0 Å². The second kappa shape index (κ2) is 7.30. The first-order chi connectivity index (χ1) is 11.9. The fourth-order valence-electron chi connectivity index (χ4n) is 4.25. The third-order valence-corrected chi connectivity index (χ3v) is 5.29. The van der Waals surface area contributed by atoms with Crippen LogP contribution in [0.25, 0.3) is 0 Å². The molecule has 1 aliphatic carbocycles. The number of benzene rings is 1. The minimum absolute atomic E-state index is 0.0744. The van der Waals surface area contributed by atoms with Crippen molar-refractivity contribution in [2.75, 3.05) is 7.11 Å². The van der Waals surface area contributed by atoms with Crippen molar-refractivity contribution in [3.05, 3.63) is 47.5 Å². The molecule has 4 unspecified atom stereocenters. The molecule has 1 aromatic carbocycles. The third kappa shape index (κ3) is 4.31. The maximum Gasteiger partial charge on any atom is 0.309 e. The van der Waals surface area contributed by atoms with Crippen LogP contribution in [0.4, 0.5) is 0 Å². The number of carbonyl (C=O) groups excluding carboxylic acids is 1. The fourth-order valence-corrected chi connectivity index (χ4v) is 4.25. The first-order valence-electron chi connectivity index (χ1n) is 9.12. The molecule has 2 aliphatic rings. The van der Waals surface area contributed by atoms with Crippen LogP contribution in [0, 0.1) is 11.8 Å². The summed E-state index contributed by atoms with van der Waals surface area (Å²) in [5.41, 5.74) is 2.22. The van der Waals surface area contributed by atoms with Crippen molar-refractivity contribution in [3.63, 3.8) is 0 Å². The summed E-state index contributed by atoms with van der Waals surface area (Å²) in [4.78, 5) is 12.1. The van der Waals surface area contributed by atoms with E-state index in [-0.39, 0.29) is 35.7 Å². The van der Waals surface area contributed by atoms with Crippen LogP contribution < -0.4 is 5.32 Å². The van der Waals surface area contributed by atoms with Crippen LogP contribution in [0.3, 0.4) is 0 Å². The van der Waals surface area contributed by atoms with Gasteiger partial charge >= 0.3 is 5.97 Å². The minimum Gasteiger partial charge on any atom is -0.469 e. The number of rotatable bonds is 5. The second-order valence-corrected chi connectivity index (χ2v) is 7.85. The van der Waals surface area contributed by atoms with E-state index in [1.807, 2.05) is 6.07 Å². The van der Waals surface area contributed by atoms with Gasteiger partial charge in [0.25, 0.3) is 0 Å². The Morgan fingerprint density at radius 1 is 1.32 bits per heavy atom. The Balaban J connectivity index is 1.73. The number of hydrogen-bond donors (Lipinski definition) is 1. The summed E-state index contributed by atoms with van der Waals surface area (Å²) in [5.74, 6) is 0.00374. The van der Waals surface area contributed by atoms with Crippen molar-refractivity contribution < 1.29 is 14.3 Å². The molecular weight excluding hydrogens is 314 g/mol. The molecule has 1 aromatic rings. The molecule has 1 N–H and O–H groups in total. The van der Waals surface area contributed by atoms with Crippen molar-refractivity contribution in [2.24, 2.45) is 11.8 Å². The highest BCUT2D eigenvalue weighted by Gasteiger charge is 2.43. The van der Waals surface area contributed by atoms with Gasteiger partial charge in [-0.25, -0.2) is 0 Å². The topological polar surface area (TPSA) is 47.6 Å². The lowest BCUT2D eigenvalue weighted by Crippen LogP contribution is -2.40. The Labute approximate surface area is 150 Å². The lowest BCUT2D eigenvalue weighted by molar-refractivity contribution is -0.146. The first kappa shape index (κ1) is 18.2. The smallest absolute Gasteiger partial charge is 0.309 e. The van der Waals surface area contributed by atoms with Crippen LogP contribution in [-0.2, 0) is 20.7 Å². The van der Waals surface area contributed by atoms with Gasteiger partial charge in [-0.05, 0) is 51.5 Å². The quantitative estimate of drug-likeness (QED) is 0.657. The molecule has 0 amide bonds. The maximum absolute atomic E-state index is 12.1. The zero-order valence-electron chi connectivity index (χ0n) is 15.6. The molecule has 1 aliphatic heterocycles. The highest BCUT2D eigenvalue weighted by molar-refractivity contribution is 5.74. The number of carbonyl (C=O) groups is 1. The van der Waals surface area contributed by atoms with Crippen LogP contribution in [0.5, 0.6) is 0 Å². The van der Waals surface area contributed by atoms with E-state index in [2.05, 4.69) is 56.4 Å².